The summed E-state index contributed by atoms with van der Waals surface area (Å²) in [6, 6.07) is -5.57. The largest absolute Gasteiger partial charge is 0.481 e. The number of fused-ring (bicyclic) bond motifs is 1. The van der Waals surface area contributed by atoms with Crippen LogP contribution in [0.3, 0.4) is 0 Å². The van der Waals surface area contributed by atoms with E-state index in [1.807, 2.05) is 0 Å². The molecular weight excluding hydrogens is 1170 g/mol. The SMILES string of the molecule is CSCC[C@H](NC(=O)[C@H](Cc1c[nH]c2ccccc12)NC(=O)[C@H](CCCN=C(N)N)NC(=O)[C@H](CCCCN)NC(=O)[C@H](CC(C)C)NC(=O)[C@H](CC(N)=O)NC(=O)[C@@H](N)CCC(=O)O)C(=O)N[C@@H](CCCN=C(N)N)C(=O)N[C@@H](CCCCN)C(=O)O. The summed E-state index contributed by atoms with van der Waals surface area (Å²) in [5.74, 6) is -11.1. The predicted octanol–water partition coefficient (Wildman–Crippen LogP) is -4.09. The maximum atomic E-state index is 14.9. The number of primary amides is 1. The van der Waals surface area contributed by atoms with Crippen LogP contribution in [-0.2, 0) is 59.2 Å². The Bertz CT molecular complexity index is 2690. The average molecular weight is 1260 g/mol. The van der Waals surface area contributed by atoms with E-state index in [0.29, 0.717) is 48.0 Å². The van der Waals surface area contributed by atoms with Gasteiger partial charge in [0.2, 0.25) is 53.2 Å². The number of thioether (sulfide) groups is 1. The van der Waals surface area contributed by atoms with Crippen LogP contribution >= 0.6 is 11.8 Å². The molecule has 33 heteroatoms. The van der Waals surface area contributed by atoms with Crippen molar-refractivity contribution in [2.75, 3.05) is 38.2 Å². The smallest absolute Gasteiger partial charge is 0.326 e. The number of nitrogens with zero attached hydrogens (tertiary/aromatic N) is 2. The summed E-state index contributed by atoms with van der Waals surface area (Å²) in [6.45, 7) is 4.03. The summed E-state index contributed by atoms with van der Waals surface area (Å²) < 4.78 is 0. The Labute approximate surface area is 515 Å². The van der Waals surface area contributed by atoms with Gasteiger partial charge in [0.1, 0.15) is 48.3 Å². The third-order valence-corrected chi connectivity index (χ3v) is 14.3. The molecule has 1 aromatic carbocycles. The molecule has 9 amide bonds. The molecule has 0 saturated carbocycles. The number of para-hydroxylation sites is 1. The van der Waals surface area contributed by atoms with Crippen LogP contribution in [0.25, 0.3) is 10.9 Å². The number of carbonyl (C=O) groups is 11. The molecule has 1 aromatic heterocycles. The van der Waals surface area contributed by atoms with Crippen molar-refractivity contribution in [3.05, 3.63) is 36.0 Å². The van der Waals surface area contributed by atoms with Gasteiger partial charge in [0.05, 0.1) is 12.5 Å². The second-order valence-corrected chi connectivity index (χ2v) is 22.5. The van der Waals surface area contributed by atoms with Gasteiger partial charge in [0.25, 0.3) is 0 Å². The Morgan fingerprint density at radius 1 is 0.534 bits per heavy atom. The molecule has 0 unspecified atom stereocenters. The van der Waals surface area contributed by atoms with Gasteiger partial charge < -0.3 is 104 Å². The number of carboxylic acid groups (broad SMARTS) is 2. The number of aliphatic imine (C=N–C) groups is 2. The van der Waals surface area contributed by atoms with E-state index >= 15 is 0 Å². The standard InChI is InChI=1S/C55H93N19O13S/c1-30(2)26-40(73-52(85)42(28-43(59)75)72-45(78)33(58)18-19-44(76)77)50(83)69-35(14-6-8-21-56)46(79)67-37(17-11-24-65-55(62)63)48(81)74-41(27-31-29-66-34-13-5-4-12-32(31)34)51(84)70-38(20-25-88-3)49(82)68-36(16-10-23-64-54(60)61)47(80)71-39(53(86)87)15-7-9-22-57/h4-5,12-13,29-30,33,35-42,66H,6-11,14-28,56-58H2,1-3H3,(H2,59,75)(H,67,79)(H,68,82)(H,69,83)(H,70,84)(H,71,80)(H,72,78)(H,73,85)(H,74,81)(H,76,77)(H,86,87)(H4,60,61,64)(H4,62,63,65)/t33-,35-,36-,37-,38-,39-,40-,41-,42-/m0/s1. The number of unbranched alkanes of at least 4 members (excludes halogenated alkanes) is 2. The highest BCUT2D eigenvalue weighted by atomic mass is 32.2. The first-order chi connectivity index (χ1) is 41.7. The van der Waals surface area contributed by atoms with Gasteiger partial charge >= 0.3 is 11.9 Å². The van der Waals surface area contributed by atoms with Crippen LogP contribution in [0.5, 0.6) is 0 Å². The number of nitrogens with two attached hydrogens (primary N) is 8. The molecule has 0 aliphatic rings. The number of H-pyrrole nitrogens is 1. The third-order valence-electron chi connectivity index (χ3n) is 13.7. The molecule has 0 saturated heterocycles. The summed E-state index contributed by atoms with van der Waals surface area (Å²) in [5.41, 5.74) is 46.1. The molecule has 0 bridgehead atoms. The van der Waals surface area contributed by atoms with Crippen molar-refractivity contribution in [2.24, 2.45) is 61.8 Å². The van der Waals surface area contributed by atoms with E-state index in [4.69, 9.17) is 51.0 Å². The summed E-state index contributed by atoms with van der Waals surface area (Å²) >= 11 is 1.35. The van der Waals surface area contributed by atoms with Gasteiger partial charge in [-0.25, -0.2) is 4.79 Å². The van der Waals surface area contributed by atoms with E-state index in [1.165, 1.54) is 11.8 Å². The van der Waals surface area contributed by atoms with Gasteiger partial charge in [-0.2, -0.15) is 11.8 Å². The van der Waals surface area contributed by atoms with Crippen molar-refractivity contribution in [2.45, 2.75) is 171 Å². The molecule has 0 aliphatic carbocycles. The molecule has 88 heavy (non-hydrogen) atoms. The zero-order valence-electron chi connectivity index (χ0n) is 50.3. The number of benzene rings is 1. The minimum Gasteiger partial charge on any atom is -0.481 e. The number of rotatable bonds is 45. The summed E-state index contributed by atoms with van der Waals surface area (Å²) in [4.78, 5) is 160. The molecule has 0 aliphatic heterocycles. The molecule has 32 nitrogen and oxygen atoms in total. The topological polar surface area (TPSA) is 573 Å². The van der Waals surface area contributed by atoms with Gasteiger partial charge in [-0.1, -0.05) is 32.0 Å². The summed E-state index contributed by atoms with van der Waals surface area (Å²) in [5, 5.41) is 40.6. The van der Waals surface area contributed by atoms with Gasteiger partial charge in [0, 0.05) is 43.0 Å². The van der Waals surface area contributed by atoms with Crippen molar-refractivity contribution in [1.82, 2.24) is 47.5 Å². The van der Waals surface area contributed by atoms with Crippen molar-refractivity contribution in [3.8, 4) is 0 Å². The van der Waals surface area contributed by atoms with E-state index in [2.05, 4.69) is 57.5 Å². The molecule has 27 N–H and O–H groups in total. The normalized spacial score (nSPS) is 14.2. The van der Waals surface area contributed by atoms with Crippen LogP contribution in [0.15, 0.2) is 40.4 Å². The lowest BCUT2D eigenvalue weighted by molar-refractivity contribution is -0.142. The highest BCUT2D eigenvalue weighted by Gasteiger charge is 2.36. The number of aromatic amines is 1. The Morgan fingerprint density at radius 2 is 0.955 bits per heavy atom. The molecule has 2 aromatic rings. The molecule has 0 radical (unpaired) electrons. The fraction of sp³-hybridized carbons (Fsp3) is 0.618. The second-order valence-electron chi connectivity index (χ2n) is 21.5. The maximum Gasteiger partial charge on any atom is 0.326 e. The number of aromatic nitrogens is 1. The van der Waals surface area contributed by atoms with Gasteiger partial charge in [-0.05, 0) is 126 Å². The van der Waals surface area contributed by atoms with Crippen LogP contribution in [0.1, 0.15) is 116 Å². The lowest BCUT2D eigenvalue weighted by atomic mass is 10.0. The van der Waals surface area contributed by atoms with Crippen LogP contribution in [-0.4, -0.2) is 185 Å². The van der Waals surface area contributed by atoms with Gasteiger partial charge in [0.15, 0.2) is 11.9 Å². The number of hydrogen-bond acceptors (Lipinski definition) is 17. The van der Waals surface area contributed by atoms with Gasteiger partial charge in [-0.3, -0.25) is 57.9 Å². The van der Waals surface area contributed by atoms with Crippen LogP contribution in [0.2, 0.25) is 0 Å². The average Bonchev–Trinajstić information content (AvgIpc) is 3.30. The van der Waals surface area contributed by atoms with Crippen molar-refractivity contribution < 1.29 is 63.0 Å². The maximum absolute atomic E-state index is 14.9. The Kier molecular flexibility index (Phi) is 35.3. The lowest BCUT2D eigenvalue weighted by Gasteiger charge is -2.28. The van der Waals surface area contributed by atoms with Crippen LogP contribution < -0.4 is 88.4 Å². The number of carboxylic acids is 2. The molecule has 1 heterocycles. The highest BCUT2D eigenvalue weighted by Crippen LogP contribution is 2.20. The van der Waals surface area contributed by atoms with E-state index in [9.17, 15) is 57.8 Å². The Morgan fingerprint density at radius 3 is 1.42 bits per heavy atom. The minimum atomic E-state index is -1.65. The number of aliphatic carboxylic acids is 2. The number of nitrogens with one attached hydrogen (secondary N) is 9. The fourth-order valence-electron chi connectivity index (χ4n) is 9.00. The van der Waals surface area contributed by atoms with Crippen LogP contribution in [0, 0.1) is 5.92 Å². The number of carbonyl (C=O) groups excluding carboxylic acids is 9. The first-order valence-corrected chi connectivity index (χ1v) is 30.6. The monoisotopic (exact) mass is 1260 g/mol. The molecule has 9 atom stereocenters. The highest BCUT2D eigenvalue weighted by molar-refractivity contribution is 7.98. The summed E-state index contributed by atoms with van der Waals surface area (Å²) in [7, 11) is 0. The molecule has 0 fully saturated rings. The second kappa shape index (κ2) is 41.0. The lowest BCUT2D eigenvalue weighted by Crippen LogP contribution is -2.61. The Hall–Kier alpha value is -8.30. The minimum absolute atomic E-state index is 0.00918. The predicted molar refractivity (Wildman–Crippen MR) is 332 cm³/mol. The zero-order valence-corrected chi connectivity index (χ0v) is 51.1. The first-order valence-electron chi connectivity index (χ1n) is 29.2. The number of guanidine groups is 2. The third kappa shape index (κ3) is 29.4. The molecular formula is C55H93N19O13S. The number of amides is 9. The van der Waals surface area contributed by atoms with E-state index in [1.54, 1.807) is 50.6 Å². The first kappa shape index (κ1) is 75.8. The Balaban J connectivity index is 2.65. The fourth-order valence-corrected chi connectivity index (χ4v) is 9.47. The quantitative estimate of drug-likeness (QED) is 0.0170. The van der Waals surface area contributed by atoms with Crippen molar-refractivity contribution in [1.29, 1.82) is 0 Å². The molecule has 492 valence electrons. The van der Waals surface area contributed by atoms with Crippen LogP contribution in [0.4, 0.5) is 0 Å². The molecule has 2 rings (SSSR count). The van der Waals surface area contributed by atoms with E-state index in [0.717, 1.165) is 0 Å². The van der Waals surface area contributed by atoms with Crippen molar-refractivity contribution in [3.63, 3.8) is 0 Å². The summed E-state index contributed by atoms with van der Waals surface area (Å²) in [6.07, 6.45) is 3.39. The van der Waals surface area contributed by atoms with Gasteiger partial charge in [-0.15, -0.1) is 0 Å². The molecule has 0 spiro atoms. The van der Waals surface area contributed by atoms with Crippen molar-refractivity contribution >= 4 is 99.7 Å². The number of hydrogen-bond donors (Lipinski definition) is 19. The van der Waals surface area contributed by atoms with E-state index in [-0.39, 0.29) is 108 Å². The van der Waals surface area contributed by atoms with E-state index < -0.39 is 132 Å². The zero-order chi connectivity index (χ0) is 65.9.